The number of aliphatic hydroxyl groups is 3. The molecule has 2 aromatic carbocycles. The van der Waals surface area contributed by atoms with Crippen molar-refractivity contribution in [2.75, 3.05) is 6.61 Å². The van der Waals surface area contributed by atoms with Crippen molar-refractivity contribution >= 4 is 5.97 Å². The van der Waals surface area contributed by atoms with Gasteiger partial charge in [-0.15, -0.1) is 0 Å². The van der Waals surface area contributed by atoms with Crippen LogP contribution in [0.3, 0.4) is 0 Å². The first-order valence-corrected chi connectivity index (χ1v) is 8.65. The van der Waals surface area contributed by atoms with E-state index in [0.29, 0.717) is 16.9 Å². The fraction of sp³-hybridized carbons (Fsp3) is 0.350. The molecule has 4 atom stereocenters. The number of carboxylic acids is 1. The van der Waals surface area contributed by atoms with Gasteiger partial charge in [0.2, 0.25) is 0 Å². The zero-order chi connectivity index (χ0) is 19.4. The van der Waals surface area contributed by atoms with Gasteiger partial charge >= 0.3 is 5.97 Å². The Labute approximate surface area is 156 Å². The Morgan fingerprint density at radius 3 is 2.67 bits per heavy atom. The van der Waals surface area contributed by atoms with Crippen LogP contribution in [-0.2, 0) is 11.3 Å². The van der Waals surface area contributed by atoms with Crippen molar-refractivity contribution in [1.29, 1.82) is 0 Å². The number of carbonyl (C=O) groups is 1. The molecule has 27 heavy (non-hydrogen) atoms. The van der Waals surface area contributed by atoms with Gasteiger partial charge in [0.05, 0.1) is 24.4 Å². The van der Waals surface area contributed by atoms with Crippen molar-refractivity contribution in [3.63, 3.8) is 0 Å². The Bertz CT molecular complexity index is 791. The maximum Gasteiger partial charge on any atom is 0.335 e. The smallest absolute Gasteiger partial charge is 0.335 e. The monoisotopic (exact) mass is 374 g/mol. The maximum atomic E-state index is 11.0. The minimum atomic E-state index is -1.10. The van der Waals surface area contributed by atoms with E-state index < -0.39 is 30.4 Å². The molecule has 3 rings (SSSR count). The summed E-state index contributed by atoms with van der Waals surface area (Å²) >= 11 is 0. The molecule has 1 saturated heterocycles. The number of carboxylic acid groups (broad SMARTS) is 1. The fourth-order valence-electron chi connectivity index (χ4n) is 3.09. The zero-order valence-corrected chi connectivity index (χ0v) is 14.6. The summed E-state index contributed by atoms with van der Waals surface area (Å²) in [5.41, 5.74) is 1.52. The van der Waals surface area contributed by atoms with Gasteiger partial charge in [0.1, 0.15) is 24.6 Å². The average Bonchev–Trinajstić information content (AvgIpc) is 2.68. The summed E-state index contributed by atoms with van der Waals surface area (Å²) in [5, 5.41) is 38.6. The SMILES string of the molecule is O=C(O)c1cccc(COc2cccc(C3O[C@H](CO)C[C@H](O)[C@@H]3O)c2)c1. The second-order valence-corrected chi connectivity index (χ2v) is 6.52. The van der Waals surface area contributed by atoms with Gasteiger partial charge in [-0.25, -0.2) is 4.79 Å². The minimum Gasteiger partial charge on any atom is -0.489 e. The number of rotatable bonds is 6. The Hall–Kier alpha value is -2.45. The Morgan fingerprint density at radius 2 is 1.93 bits per heavy atom. The first kappa shape index (κ1) is 19.3. The summed E-state index contributed by atoms with van der Waals surface area (Å²) < 4.78 is 11.4. The van der Waals surface area contributed by atoms with Crippen LogP contribution in [0.4, 0.5) is 0 Å². The predicted molar refractivity (Wildman–Crippen MR) is 95.5 cm³/mol. The van der Waals surface area contributed by atoms with Crippen LogP contribution >= 0.6 is 0 Å². The molecular weight excluding hydrogens is 352 g/mol. The van der Waals surface area contributed by atoms with E-state index in [1.54, 1.807) is 42.5 Å². The van der Waals surface area contributed by atoms with Gasteiger partial charge in [-0.3, -0.25) is 0 Å². The van der Waals surface area contributed by atoms with Crippen molar-refractivity contribution < 1.29 is 34.7 Å². The van der Waals surface area contributed by atoms with Gasteiger partial charge in [0.15, 0.2) is 0 Å². The quantitative estimate of drug-likeness (QED) is 0.605. The number of aromatic carboxylic acids is 1. The Morgan fingerprint density at radius 1 is 1.15 bits per heavy atom. The molecule has 1 unspecified atom stereocenters. The maximum absolute atomic E-state index is 11.0. The number of benzene rings is 2. The molecule has 0 radical (unpaired) electrons. The molecule has 1 aliphatic heterocycles. The summed E-state index contributed by atoms with van der Waals surface area (Å²) in [6.45, 7) is -0.0586. The van der Waals surface area contributed by atoms with Crippen LogP contribution in [0.5, 0.6) is 5.75 Å². The topological polar surface area (TPSA) is 116 Å². The van der Waals surface area contributed by atoms with E-state index in [1.807, 2.05) is 0 Å². The van der Waals surface area contributed by atoms with Crippen molar-refractivity contribution in [2.45, 2.75) is 37.4 Å². The molecule has 0 saturated carbocycles. The highest BCUT2D eigenvalue weighted by atomic mass is 16.5. The third kappa shape index (κ3) is 4.64. The normalized spacial score (nSPS) is 25.1. The molecular formula is C20H22O7. The van der Waals surface area contributed by atoms with Crippen LogP contribution in [0.25, 0.3) is 0 Å². The summed E-state index contributed by atoms with van der Waals surface area (Å²) in [6.07, 6.45) is -3.23. The summed E-state index contributed by atoms with van der Waals surface area (Å²) in [5.74, 6) is -0.482. The third-order valence-electron chi connectivity index (χ3n) is 4.52. The fourth-order valence-corrected chi connectivity index (χ4v) is 3.09. The standard InChI is InChI=1S/C20H22O7/c21-10-16-9-17(22)18(23)19(27-16)13-4-2-6-15(8-13)26-11-12-3-1-5-14(7-12)20(24)25/h1-8,16-19,21-23H,9-11H2,(H,24,25)/t16-,17-,18-,19?/m0/s1. The minimum absolute atomic E-state index is 0.171. The molecule has 4 N–H and O–H groups in total. The Kier molecular flexibility index (Phi) is 6.08. The molecule has 1 heterocycles. The van der Waals surface area contributed by atoms with Crippen LogP contribution < -0.4 is 4.74 Å². The molecule has 0 spiro atoms. The van der Waals surface area contributed by atoms with Gasteiger partial charge in [-0.05, 0) is 35.4 Å². The molecule has 1 aliphatic rings. The van der Waals surface area contributed by atoms with Crippen LogP contribution in [0.2, 0.25) is 0 Å². The lowest BCUT2D eigenvalue weighted by atomic mass is 9.93. The molecule has 1 fully saturated rings. The summed E-state index contributed by atoms with van der Waals surface area (Å²) in [6, 6.07) is 13.4. The lowest BCUT2D eigenvalue weighted by Gasteiger charge is -2.36. The largest absolute Gasteiger partial charge is 0.489 e. The van der Waals surface area contributed by atoms with Crippen molar-refractivity contribution in [1.82, 2.24) is 0 Å². The number of hydrogen-bond donors (Lipinski definition) is 4. The molecule has 0 amide bonds. The summed E-state index contributed by atoms with van der Waals surface area (Å²) in [7, 11) is 0. The van der Waals surface area contributed by atoms with Crippen LogP contribution in [0.1, 0.15) is 34.0 Å². The predicted octanol–water partition coefficient (Wildman–Crippen LogP) is 1.51. The number of aliphatic hydroxyl groups excluding tert-OH is 3. The molecule has 144 valence electrons. The van der Waals surface area contributed by atoms with E-state index in [-0.39, 0.29) is 25.2 Å². The van der Waals surface area contributed by atoms with E-state index in [1.165, 1.54) is 6.07 Å². The van der Waals surface area contributed by atoms with Crippen molar-refractivity contribution in [2.24, 2.45) is 0 Å². The number of ether oxygens (including phenoxy) is 2. The van der Waals surface area contributed by atoms with E-state index in [2.05, 4.69) is 0 Å². The first-order chi connectivity index (χ1) is 13.0. The average molecular weight is 374 g/mol. The second kappa shape index (κ2) is 8.49. The van der Waals surface area contributed by atoms with Crippen molar-refractivity contribution in [3.05, 3.63) is 65.2 Å². The second-order valence-electron chi connectivity index (χ2n) is 6.52. The van der Waals surface area contributed by atoms with Gasteiger partial charge < -0.3 is 29.9 Å². The van der Waals surface area contributed by atoms with Gasteiger partial charge in [0, 0.05) is 6.42 Å². The lowest BCUT2D eigenvalue weighted by molar-refractivity contribution is -0.179. The van der Waals surface area contributed by atoms with E-state index in [4.69, 9.17) is 14.6 Å². The summed E-state index contributed by atoms with van der Waals surface area (Å²) in [4.78, 5) is 11.0. The highest BCUT2D eigenvalue weighted by Crippen LogP contribution is 2.33. The number of hydrogen-bond acceptors (Lipinski definition) is 6. The molecule has 7 heteroatoms. The van der Waals surface area contributed by atoms with E-state index >= 15 is 0 Å². The molecule has 2 aromatic rings. The van der Waals surface area contributed by atoms with Gasteiger partial charge in [-0.2, -0.15) is 0 Å². The zero-order valence-electron chi connectivity index (χ0n) is 14.6. The highest BCUT2D eigenvalue weighted by molar-refractivity contribution is 5.87. The van der Waals surface area contributed by atoms with Crippen LogP contribution in [0.15, 0.2) is 48.5 Å². The van der Waals surface area contributed by atoms with E-state index in [9.17, 15) is 20.1 Å². The van der Waals surface area contributed by atoms with Crippen LogP contribution in [0, 0.1) is 0 Å². The molecule has 0 bridgehead atoms. The molecule has 7 nitrogen and oxygen atoms in total. The first-order valence-electron chi connectivity index (χ1n) is 8.65. The van der Waals surface area contributed by atoms with E-state index in [0.717, 1.165) is 0 Å². The van der Waals surface area contributed by atoms with Crippen LogP contribution in [-0.4, -0.2) is 51.3 Å². The molecule has 0 aliphatic carbocycles. The lowest BCUT2D eigenvalue weighted by Crippen LogP contribution is -2.44. The Balaban J connectivity index is 1.72. The third-order valence-corrected chi connectivity index (χ3v) is 4.52. The van der Waals surface area contributed by atoms with Gasteiger partial charge in [0.25, 0.3) is 0 Å². The van der Waals surface area contributed by atoms with Gasteiger partial charge in [-0.1, -0.05) is 24.3 Å². The highest BCUT2D eigenvalue weighted by Gasteiger charge is 2.37. The van der Waals surface area contributed by atoms with Crippen molar-refractivity contribution in [3.8, 4) is 5.75 Å². The molecule has 0 aromatic heterocycles.